The van der Waals surface area contributed by atoms with Gasteiger partial charge in [0.15, 0.2) is 10.8 Å². The van der Waals surface area contributed by atoms with Crippen molar-refractivity contribution in [3.8, 4) is 0 Å². The van der Waals surface area contributed by atoms with Gasteiger partial charge < -0.3 is 14.8 Å². The molecule has 3 heterocycles. The Balaban J connectivity index is 1.90. The quantitative estimate of drug-likeness (QED) is 0.405. The van der Waals surface area contributed by atoms with Crippen molar-refractivity contribution in [1.29, 1.82) is 0 Å². The van der Waals surface area contributed by atoms with Crippen LogP contribution in [0.25, 0.3) is 0 Å². The lowest BCUT2D eigenvalue weighted by molar-refractivity contribution is -0.136. The van der Waals surface area contributed by atoms with Gasteiger partial charge in [0, 0.05) is 40.8 Å². The molecule has 1 fully saturated rings. The summed E-state index contributed by atoms with van der Waals surface area (Å²) in [7, 11) is 1.30. The molecule has 2 aliphatic heterocycles. The molecule has 0 amide bonds. The van der Waals surface area contributed by atoms with Crippen molar-refractivity contribution in [2.45, 2.75) is 18.5 Å². The average Bonchev–Trinajstić information content (AvgIpc) is 3.42. The van der Waals surface area contributed by atoms with Gasteiger partial charge in [0.2, 0.25) is 0 Å². The van der Waals surface area contributed by atoms with Gasteiger partial charge in [-0.15, -0.1) is 15.8 Å². The number of aliphatic imine (C=N–C) groups is 1. The molecule has 11 heteroatoms. The first-order chi connectivity index (χ1) is 14.4. The molecular weight excluding hydrogens is 451 g/mol. The molecule has 1 aromatic carbocycles. The predicted molar refractivity (Wildman–Crippen MR) is 114 cm³/mol. The van der Waals surface area contributed by atoms with E-state index in [1.165, 1.54) is 53.1 Å². The number of hydrogen-bond acceptors (Lipinski definition) is 9. The Morgan fingerprint density at radius 1 is 1.50 bits per heavy atom. The Labute approximate surface area is 185 Å². The number of ether oxygens (including phenoxy) is 1. The molecule has 1 saturated heterocycles. The van der Waals surface area contributed by atoms with Crippen LogP contribution in [0.3, 0.4) is 0 Å². The van der Waals surface area contributed by atoms with Crippen molar-refractivity contribution in [2.24, 2.45) is 4.99 Å². The van der Waals surface area contributed by atoms with E-state index < -0.39 is 17.8 Å². The maximum Gasteiger partial charge on any atom is 0.338 e. The summed E-state index contributed by atoms with van der Waals surface area (Å²) in [6.45, 7) is 0.426. The molecule has 158 valence electrons. The van der Waals surface area contributed by atoms with E-state index in [0.29, 0.717) is 40.6 Å². The number of benzene rings is 1. The van der Waals surface area contributed by atoms with Crippen LogP contribution in [0.15, 0.2) is 46.0 Å². The average molecular weight is 469 g/mol. The SMILES string of the molecule is COC(=O)C1=C2C[C@H](N(O)SC)CN2C(c2nccs2)=N[C@H]1c1ccc(F)cc1Cl. The smallest absolute Gasteiger partial charge is 0.338 e. The molecule has 30 heavy (non-hydrogen) atoms. The largest absolute Gasteiger partial charge is 0.466 e. The topological polar surface area (TPSA) is 78.3 Å². The number of thiazole rings is 1. The molecule has 7 nitrogen and oxygen atoms in total. The van der Waals surface area contributed by atoms with E-state index in [2.05, 4.69) is 4.98 Å². The minimum atomic E-state index is -0.782. The first-order valence-electron chi connectivity index (χ1n) is 8.98. The van der Waals surface area contributed by atoms with Gasteiger partial charge in [0.1, 0.15) is 11.9 Å². The van der Waals surface area contributed by atoms with Crippen LogP contribution in [0.4, 0.5) is 4.39 Å². The number of hydroxylamine groups is 1. The maximum atomic E-state index is 13.7. The van der Waals surface area contributed by atoms with Gasteiger partial charge >= 0.3 is 5.97 Å². The Bertz CT molecular complexity index is 1030. The number of carbonyl (C=O) groups is 1. The molecule has 0 bridgehead atoms. The van der Waals surface area contributed by atoms with Crippen LogP contribution in [0.1, 0.15) is 23.0 Å². The summed E-state index contributed by atoms with van der Waals surface area (Å²) in [5.74, 6) is -0.443. The van der Waals surface area contributed by atoms with E-state index in [1.54, 1.807) is 12.5 Å². The summed E-state index contributed by atoms with van der Waals surface area (Å²) in [6, 6.07) is 2.96. The molecule has 0 saturated carbocycles. The molecular formula is C19H18ClFN4O3S2. The second kappa shape index (κ2) is 8.64. The fraction of sp³-hybridized carbons (Fsp3) is 0.316. The van der Waals surface area contributed by atoms with Crippen LogP contribution in [0, 0.1) is 5.82 Å². The van der Waals surface area contributed by atoms with Gasteiger partial charge in [-0.1, -0.05) is 29.6 Å². The number of esters is 1. The molecule has 2 atom stereocenters. The fourth-order valence-corrected chi connectivity index (χ4v) is 5.04. The van der Waals surface area contributed by atoms with E-state index >= 15 is 0 Å². The van der Waals surface area contributed by atoms with Gasteiger partial charge in [-0.25, -0.2) is 14.2 Å². The summed E-state index contributed by atoms with van der Waals surface area (Å²) in [6.07, 6.45) is 3.85. The van der Waals surface area contributed by atoms with Crippen molar-refractivity contribution in [2.75, 3.05) is 19.9 Å². The highest BCUT2D eigenvalue weighted by atomic mass is 35.5. The minimum absolute atomic E-state index is 0.167. The van der Waals surface area contributed by atoms with Crippen LogP contribution < -0.4 is 0 Å². The molecule has 0 unspecified atom stereocenters. The zero-order valence-corrected chi connectivity index (χ0v) is 18.5. The summed E-state index contributed by atoms with van der Waals surface area (Å²) in [4.78, 5) is 23.9. The highest BCUT2D eigenvalue weighted by Crippen LogP contribution is 2.43. The Kier molecular flexibility index (Phi) is 6.12. The lowest BCUT2D eigenvalue weighted by Gasteiger charge is -2.31. The number of nitrogens with zero attached hydrogens (tertiary/aromatic N) is 4. The van der Waals surface area contributed by atoms with Gasteiger partial charge in [-0.2, -0.15) is 0 Å². The van der Waals surface area contributed by atoms with Gasteiger partial charge in [-0.3, -0.25) is 4.99 Å². The summed E-state index contributed by atoms with van der Waals surface area (Å²) < 4.78 is 19.9. The molecule has 0 aliphatic carbocycles. The Hall–Kier alpha value is -1.98. The minimum Gasteiger partial charge on any atom is -0.466 e. The number of amidine groups is 1. The van der Waals surface area contributed by atoms with E-state index in [0.717, 1.165) is 0 Å². The summed E-state index contributed by atoms with van der Waals surface area (Å²) in [5, 5.41) is 13.0. The van der Waals surface area contributed by atoms with Crippen molar-refractivity contribution in [1.82, 2.24) is 14.4 Å². The lowest BCUT2D eigenvalue weighted by atomic mass is 9.94. The molecule has 2 aliphatic rings. The highest BCUT2D eigenvalue weighted by molar-refractivity contribution is 7.96. The lowest BCUT2D eigenvalue weighted by Crippen LogP contribution is -2.37. The number of carbonyl (C=O) groups excluding carboxylic acids is 1. The number of methoxy groups -OCH3 is 1. The number of aromatic nitrogens is 1. The second-order valence-electron chi connectivity index (χ2n) is 6.66. The first kappa shape index (κ1) is 21.3. The zero-order valence-electron chi connectivity index (χ0n) is 16.1. The number of hydrogen-bond donors (Lipinski definition) is 1. The second-order valence-corrected chi connectivity index (χ2v) is 8.70. The third-order valence-corrected chi connectivity index (χ3v) is 6.79. The van der Waals surface area contributed by atoms with Crippen molar-refractivity contribution in [3.63, 3.8) is 0 Å². The van der Waals surface area contributed by atoms with Crippen molar-refractivity contribution >= 4 is 46.7 Å². The highest BCUT2D eigenvalue weighted by Gasteiger charge is 2.43. The van der Waals surface area contributed by atoms with Crippen LogP contribution >= 0.6 is 34.9 Å². The Morgan fingerprint density at radius 3 is 2.93 bits per heavy atom. The van der Waals surface area contributed by atoms with E-state index in [1.807, 2.05) is 10.3 Å². The predicted octanol–water partition coefficient (Wildman–Crippen LogP) is 3.91. The molecule has 4 rings (SSSR count). The van der Waals surface area contributed by atoms with Gasteiger partial charge in [0.25, 0.3) is 0 Å². The first-order valence-corrected chi connectivity index (χ1v) is 11.4. The van der Waals surface area contributed by atoms with Crippen LogP contribution in [-0.2, 0) is 9.53 Å². The van der Waals surface area contributed by atoms with Gasteiger partial charge in [0.05, 0.1) is 18.7 Å². The van der Waals surface area contributed by atoms with Crippen molar-refractivity contribution < 1.29 is 19.1 Å². The molecule has 0 radical (unpaired) electrons. The number of halogens is 2. The van der Waals surface area contributed by atoms with Gasteiger partial charge in [-0.05, 0) is 18.4 Å². The monoisotopic (exact) mass is 468 g/mol. The standard InChI is InChI=1S/C19H18ClFN4O3S2/c1-28-19(26)15-14-8-11(25(27)29-2)9-24(14)17(18-22-5-6-30-18)23-16(15)12-4-3-10(21)7-13(12)20/h3-7,11,16,27H,8-9H2,1-2H3/t11-,16-/m0/s1. The summed E-state index contributed by atoms with van der Waals surface area (Å²) >= 11 is 8.94. The number of rotatable bonds is 5. The van der Waals surface area contributed by atoms with Crippen LogP contribution in [-0.4, -0.2) is 57.3 Å². The van der Waals surface area contributed by atoms with E-state index in [-0.39, 0.29) is 11.1 Å². The van der Waals surface area contributed by atoms with Crippen molar-refractivity contribution in [3.05, 3.63) is 62.5 Å². The molecule has 1 N–H and O–H groups in total. The van der Waals surface area contributed by atoms with E-state index in [9.17, 15) is 14.4 Å². The third kappa shape index (κ3) is 3.74. The number of fused-ring (bicyclic) bond motifs is 1. The van der Waals surface area contributed by atoms with E-state index in [4.69, 9.17) is 21.3 Å². The fourth-order valence-electron chi connectivity index (χ4n) is 3.69. The molecule has 1 aromatic heterocycles. The van der Waals surface area contributed by atoms with Crippen LogP contribution in [0.2, 0.25) is 5.02 Å². The summed E-state index contributed by atoms with van der Waals surface area (Å²) in [5.41, 5.74) is 1.50. The Morgan fingerprint density at radius 2 is 2.30 bits per heavy atom. The van der Waals surface area contributed by atoms with Crippen LogP contribution in [0.5, 0.6) is 0 Å². The maximum absolute atomic E-state index is 13.7. The third-order valence-electron chi connectivity index (χ3n) is 5.02. The normalized spacial score (nSPS) is 21.1. The molecule has 2 aromatic rings. The zero-order chi connectivity index (χ0) is 21.4. The molecule has 0 spiro atoms.